The number of nitrogens with one attached hydrogen (secondary N) is 1. The minimum atomic E-state index is 0.155. The molecule has 18 heavy (non-hydrogen) atoms. The molecule has 0 aliphatic heterocycles. The van der Waals surface area contributed by atoms with Crippen LogP contribution < -0.4 is 5.32 Å². The van der Waals surface area contributed by atoms with Crippen LogP contribution in [-0.4, -0.2) is 11.9 Å². The molecule has 2 aliphatic carbocycles. The zero-order chi connectivity index (χ0) is 12.5. The van der Waals surface area contributed by atoms with Crippen molar-refractivity contribution in [2.24, 2.45) is 17.8 Å². The highest BCUT2D eigenvalue weighted by Crippen LogP contribution is 2.48. The number of carbonyl (C=O) groups excluding carboxylic acids is 1. The molecule has 1 amide bonds. The molecule has 1 N–H and O–H groups in total. The summed E-state index contributed by atoms with van der Waals surface area (Å²) in [7, 11) is 0. The van der Waals surface area contributed by atoms with Gasteiger partial charge in [0.1, 0.15) is 5.76 Å². The van der Waals surface area contributed by atoms with Crippen LogP contribution in [0.15, 0.2) is 22.8 Å². The fourth-order valence-corrected chi connectivity index (χ4v) is 3.70. The highest BCUT2D eigenvalue weighted by atomic mass is 16.3. The third-order valence-electron chi connectivity index (χ3n) is 4.55. The van der Waals surface area contributed by atoms with Crippen LogP contribution in [0.3, 0.4) is 0 Å². The largest absolute Gasteiger partial charge is 0.469 e. The molecule has 98 valence electrons. The predicted molar refractivity (Wildman–Crippen MR) is 69.0 cm³/mol. The zero-order valence-electron chi connectivity index (χ0n) is 10.9. The number of fused-ring (bicyclic) bond motifs is 2. The Labute approximate surface area is 108 Å². The molecule has 0 aromatic carbocycles. The van der Waals surface area contributed by atoms with Crippen molar-refractivity contribution < 1.29 is 9.21 Å². The molecule has 0 spiro atoms. The highest BCUT2D eigenvalue weighted by molar-refractivity contribution is 5.79. The third kappa shape index (κ3) is 2.31. The quantitative estimate of drug-likeness (QED) is 0.889. The molecule has 3 heteroatoms. The Morgan fingerprint density at radius 3 is 3.00 bits per heavy atom. The van der Waals surface area contributed by atoms with Crippen molar-refractivity contribution in [1.29, 1.82) is 0 Å². The average Bonchev–Trinajstić information content (AvgIpc) is 3.04. The molecule has 4 atom stereocenters. The number of carbonyl (C=O) groups is 1. The molecule has 1 heterocycles. The fourth-order valence-electron chi connectivity index (χ4n) is 3.70. The van der Waals surface area contributed by atoms with E-state index in [1.165, 1.54) is 19.3 Å². The van der Waals surface area contributed by atoms with E-state index < -0.39 is 0 Å². The molecule has 0 unspecified atom stereocenters. The minimum absolute atomic E-state index is 0.155. The van der Waals surface area contributed by atoms with Gasteiger partial charge < -0.3 is 9.73 Å². The van der Waals surface area contributed by atoms with Crippen LogP contribution in [-0.2, 0) is 11.2 Å². The van der Waals surface area contributed by atoms with Crippen molar-refractivity contribution in [3.63, 3.8) is 0 Å². The van der Waals surface area contributed by atoms with Gasteiger partial charge in [-0.05, 0) is 50.2 Å². The molecule has 2 bridgehead atoms. The lowest BCUT2D eigenvalue weighted by Gasteiger charge is -2.23. The monoisotopic (exact) mass is 247 g/mol. The summed E-state index contributed by atoms with van der Waals surface area (Å²) in [5, 5.41) is 3.15. The first-order valence-corrected chi connectivity index (χ1v) is 7.05. The van der Waals surface area contributed by atoms with Gasteiger partial charge in [0.2, 0.25) is 5.91 Å². The van der Waals surface area contributed by atoms with E-state index in [0.29, 0.717) is 5.92 Å². The maximum absolute atomic E-state index is 12.2. The van der Waals surface area contributed by atoms with Crippen molar-refractivity contribution >= 4 is 5.91 Å². The average molecular weight is 247 g/mol. The van der Waals surface area contributed by atoms with Crippen LogP contribution >= 0.6 is 0 Å². The van der Waals surface area contributed by atoms with Crippen LogP contribution in [0.2, 0.25) is 0 Å². The molecule has 1 aromatic heterocycles. The standard InChI is InChI=1S/C15H21NO2/c1-10(7-13-3-2-6-18-13)16-15(17)14-9-11-4-5-12(14)8-11/h2-3,6,10-12,14H,4-5,7-9H2,1H3,(H,16,17)/t10-,11-,12-,14-/m0/s1. The molecule has 3 nitrogen and oxygen atoms in total. The smallest absolute Gasteiger partial charge is 0.223 e. The number of rotatable bonds is 4. The van der Waals surface area contributed by atoms with Gasteiger partial charge in [-0.3, -0.25) is 4.79 Å². The van der Waals surface area contributed by atoms with Crippen molar-refractivity contribution in [3.05, 3.63) is 24.2 Å². The molecule has 0 saturated heterocycles. The highest BCUT2D eigenvalue weighted by Gasteiger charge is 2.43. The van der Waals surface area contributed by atoms with Gasteiger partial charge in [0, 0.05) is 18.4 Å². The molecular formula is C15H21NO2. The fraction of sp³-hybridized carbons (Fsp3) is 0.667. The van der Waals surface area contributed by atoms with Gasteiger partial charge in [-0.25, -0.2) is 0 Å². The van der Waals surface area contributed by atoms with E-state index in [4.69, 9.17) is 4.42 Å². The van der Waals surface area contributed by atoms with E-state index >= 15 is 0 Å². The summed E-state index contributed by atoms with van der Waals surface area (Å²) in [4.78, 5) is 12.2. The molecule has 2 fully saturated rings. The third-order valence-corrected chi connectivity index (χ3v) is 4.55. The maximum Gasteiger partial charge on any atom is 0.223 e. The zero-order valence-corrected chi connectivity index (χ0v) is 10.9. The van der Waals surface area contributed by atoms with E-state index in [9.17, 15) is 4.79 Å². The van der Waals surface area contributed by atoms with E-state index in [1.54, 1.807) is 6.26 Å². The normalized spacial score (nSPS) is 31.5. The lowest BCUT2D eigenvalue weighted by molar-refractivity contribution is -0.127. The minimum Gasteiger partial charge on any atom is -0.469 e. The summed E-state index contributed by atoms with van der Waals surface area (Å²) >= 11 is 0. The second kappa shape index (κ2) is 4.79. The summed E-state index contributed by atoms with van der Waals surface area (Å²) in [6, 6.07) is 4.00. The number of furan rings is 1. The molecule has 1 aromatic rings. The van der Waals surface area contributed by atoms with Crippen molar-refractivity contribution in [3.8, 4) is 0 Å². The van der Waals surface area contributed by atoms with Gasteiger partial charge >= 0.3 is 0 Å². The number of hydrogen-bond acceptors (Lipinski definition) is 2. The summed E-state index contributed by atoms with van der Waals surface area (Å²) in [6.07, 6.45) is 7.46. The maximum atomic E-state index is 12.2. The van der Waals surface area contributed by atoms with E-state index in [1.807, 2.05) is 19.1 Å². The summed E-state index contributed by atoms with van der Waals surface area (Å²) in [6.45, 7) is 2.05. The number of hydrogen-bond donors (Lipinski definition) is 1. The second-order valence-corrected chi connectivity index (χ2v) is 5.97. The lowest BCUT2D eigenvalue weighted by Crippen LogP contribution is -2.40. The van der Waals surface area contributed by atoms with Gasteiger partial charge in [0.25, 0.3) is 0 Å². The topological polar surface area (TPSA) is 42.2 Å². The van der Waals surface area contributed by atoms with Gasteiger partial charge in [0.15, 0.2) is 0 Å². The Morgan fingerprint density at radius 2 is 2.39 bits per heavy atom. The van der Waals surface area contributed by atoms with Crippen LogP contribution in [0.4, 0.5) is 0 Å². The second-order valence-electron chi connectivity index (χ2n) is 5.97. The van der Waals surface area contributed by atoms with Crippen LogP contribution in [0.5, 0.6) is 0 Å². The Morgan fingerprint density at radius 1 is 1.50 bits per heavy atom. The van der Waals surface area contributed by atoms with Crippen molar-refractivity contribution in [2.75, 3.05) is 0 Å². The van der Waals surface area contributed by atoms with Crippen molar-refractivity contribution in [1.82, 2.24) is 5.32 Å². The Kier molecular flexibility index (Phi) is 3.14. The summed E-state index contributed by atoms with van der Waals surface area (Å²) < 4.78 is 5.31. The lowest BCUT2D eigenvalue weighted by atomic mass is 9.88. The molecular weight excluding hydrogens is 226 g/mol. The summed E-state index contributed by atoms with van der Waals surface area (Å²) in [5.41, 5.74) is 0. The SMILES string of the molecule is C[C@@H](Cc1ccco1)NC(=O)[C@H]1C[C@H]2CC[C@H]1C2. The first-order chi connectivity index (χ1) is 8.72. The van der Waals surface area contributed by atoms with E-state index in [2.05, 4.69) is 5.32 Å². The van der Waals surface area contributed by atoms with Gasteiger partial charge in [-0.2, -0.15) is 0 Å². The Bertz CT molecular complexity index is 412. The van der Waals surface area contributed by atoms with E-state index in [-0.39, 0.29) is 17.9 Å². The van der Waals surface area contributed by atoms with E-state index in [0.717, 1.165) is 24.5 Å². The molecule has 2 aliphatic rings. The number of amides is 1. The van der Waals surface area contributed by atoms with Gasteiger partial charge in [0.05, 0.1) is 6.26 Å². The van der Waals surface area contributed by atoms with Crippen LogP contribution in [0.25, 0.3) is 0 Å². The van der Waals surface area contributed by atoms with Crippen molar-refractivity contribution in [2.45, 2.75) is 45.1 Å². The van der Waals surface area contributed by atoms with Crippen LogP contribution in [0.1, 0.15) is 38.4 Å². The van der Waals surface area contributed by atoms with Crippen LogP contribution in [0, 0.1) is 17.8 Å². The first kappa shape index (κ1) is 11.8. The Hall–Kier alpha value is -1.25. The molecule has 2 saturated carbocycles. The predicted octanol–water partition coefficient (Wildman–Crippen LogP) is 2.76. The first-order valence-electron chi connectivity index (χ1n) is 7.05. The summed E-state index contributed by atoms with van der Waals surface area (Å²) in [5.74, 6) is 2.97. The Balaban J connectivity index is 1.51. The molecule has 3 rings (SSSR count). The molecule has 0 radical (unpaired) electrons. The van der Waals surface area contributed by atoms with Gasteiger partial charge in [-0.15, -0.1) is 0 Å². The van der Waals surface area contributed by atoms with Gasteiger partial charge in [-0.1, -0.05) is 6.42 Å².